The van der Waals surface area contributed by atoms with E-state index in [2.05, 4.69) is 29.4 Å². The fourth-order valence-electron chi connectivity index (χ4n) is 2.18. The van der Waals surface area contributed by atoms with Crippen LogP contribution in [0.1, 0.15) is 24.2 Å². The van der Waals surface area contributed by atoms with Crippen LogP contribution in [0, 0.1) is 0 Å². The van der Waals surface area contributed by atoms with Crippen molar-refractivity contribution in [3.8, 4) is 0 Å². The molecule has 0 heterocycles. The second-order valence-electron chi connectivity index (χ2n) is 5.04. The first-order valence-corrected chi connectivity index (χ1v) is 7.46. The Morgan fingerprint density at radius 2 is 1.78 bits per heavy atom. The largest absolute Gasteiger partial charge is 0.375 e. The van der Waals surface area contributed by atoms with Gasteiger partial charge in [0.25, 0.3) is 0 Å². The number of hydrogen-bond acceptors (Lipinski definition) is 2. The Balaban J connectivity index is 0.00000264. The van der Waals surface area contributed by atoms with Crippen LogP contribution < -0.4 is 11.1 Å². The number of nitrogens with two attached hydrogens (primary N) is 1. The zero-order valence-corrected chi connectivity index (χ0v) is 15.9. The van der Waals surface area contributed by atoms with Crippen LogP contribution in [0.3, 0.4) is 0 Å². The molecular weight excluding hydrogens is 401 g/mol. The van der Waals surface area contributed by atoms with Gasteiger partial charge in [-0.25, -0.2) is 0 Å². The van der Waals surface area contributed by atoms with Crippen LogP contribution in [0.5, 0.6) is 0 Å². The summed E-state index contributed by atoms with van der Waals surface area (Å²) >= 11 is 0. The summed E-state index contributed by atoms with van der Waals surface area (Å²) in [5.41, 5.74) is 9.27. The molecule has 2 rings (SSSR count). The Kier molecular flexibility index (Phi) is 8.65. The number of nitrogens with zero attached hydrogens (tertiary/aromatic N) is 1. The lowest BCUT2D eigenvalue weighted by Gasteiger charge is -2.14. The molecular formula is C18H24IN3O. The summed E-state index contributed by atoms with van der Waals surface area (Å²) in [4.78, 5) is 4.37. The minimum atomic E-state index is -0.0935. The molecule has 0 radical (unpaired) electrons. The van der Waals surface area contributed by atoms with Crippen molar-refractivity contribution >= 4 is 35.6 Å². The van der Waals surface area contributed by atoms with Crippen molar-refractivity contribution in [2.24, 2.45) is 10.7 Å². The summed E-state index contributed by atoms with van der Waals surface area (Å²) in [7, 11) is 1.68. The van der Waals surface area contributed by atoms with Crippen molar-refractivity contribution in [3.63, 3.8) is 0 Å². The van der Waals surface area contributed by atoms with Gasteiger partial charge in [-0.15, -0.1) is 24.0 Å². The topological polar surface area (TPSA) is 59.6 Å². The zero-order chi connectivity index (χ0) is 15.8. The van der Waals surface area contributed by atoms with E-state index in [1.807, 2.05) is 42.5 Å². The monoisotopic (exact) mass is 425 g/mol. The van der Waals surface area contributed by atoms with Crippen LogP contribution in [0.25, 0.3) is 0 Å². The Morgan fingerprint density at radius 1 is 1.13 bits per heavy atom. The van der Waals surface area contributed by atoms with Crippen LogP contribution >= 0.6 is 24.0 Å². The maximum absolute atomic E-state index is 5.94. The number of anilines is 1. The van der Waals surface area contributed by atoms with Gasteiger partial charge in [0.15, 0.2) is 5.96 Å². The molecule has 5 heteroatoms. The van der Waals surface area contributed by atoms with E-state index in [9.17, 15) is 0 Å². The number of nitrogens with one attached hydrogen (secondary N) is 1. The van der Waals surface area contributed by atoms with E-state index in [4.69, 9.17) is 10.5 Å². The van der Waals surface area contributed by atoms with Crippen molar-refractivity contribution in [1.29, 1.82) is 0 Å². The molecule has 0 aliphatic rings. The molecule has 4 nitrogen and oxygen atoms in total. The first kappa shape index (κ1) is 19.4. The average Bonchev–Trinajstić information content (AvgIpc) is 2.57. The third-order valence-electron chi connectivity index (χ3n) is 3.52. The Bertz CT molecular complexity index is 599. The highest BCUT2D eigenvalue weighted by Gasteiger charge is 2.09. The smallest absolute Gasteiger partial charge is 0.193 e. The van der Waals surface area contributed by atoms with Gasteiger partial charge in [-0.05, 0) is 29.7 Å². The third kappa shape index (κ3) is 6.19. The maximum Gasteiger partial charge on any atom is 0.193 e. The van der Waals surface area contributed by atoms with Gasteiger partial charge < -0.3 is 15.8 Å². The normalized spacial score (nSPS) is 12.3. The molecule has 23 heavy (non-hydrogen) atoms. The molecule has 2 aromatic rings. The van der Waals surface area contributed by atoms with E-state index >= 15 is 0 Å². The van der Waals surface area contributed by atoms with E-state index in [0.29, 0.717) is 12.5 Å². The van der Waals surface area contributed by atoms with Crippen LogP contribution in [0.2, 0.25) is 0 Å². The van der Waals surface area contributed by atoms with Gasteiger partial charge in [-0.3, -0.25) is 4.99 Å². The number of methoxy groups -OCH3 is 1. The lowest BCUT2D eigenvalue weighted by molar-refractivity contribution is 0.111. The first-order valence-electron chi connectivity index (χ1n) is 7.46. The first-order chi connectivity index (χ1) is 10.7. The zero-order valence-electron chi connectivity index (χ0n) is 13.5. The number of hydrogen-bond donors (Lipinski definition) is 2. The Hall–Kier alpha value is -1.60. The number of benzene rings is 2. The molecule has 2 aromatic carbocycles. The van der Waals surface area contributed by atoms with Gasteiger partial charge in [0, 0.05) is 12.8 Å². The van der Waals surface area contributed by atoms with E-state index in [0.717, 1.165) is 17.7 Å². The SMILES string of the molecule is CCc1ccc(NC(N)=NCC(OC)c2ccccc2)cc1.I. The van der Waals surface area contributed by atoms with Crippen LogP contribution in [-0.4, -0.2) is 19.6 Å². The Morgan fingerprint density at radius 3 is 2.35 bits per heavy atom. The second-order valence-corrected chi connectivity index (χ2v) is 5.04. The van der Waals surface area contributed by atoms with Crippen molar-refractivity contribution < 1.29 is 4.74 Å². The molecule has 1 atom stereocenters. The fourth-order valence-corrected chi connectivity index (χ4v) is 2.18. The molecule has 0 amide bonds. The molecule has 0 fully saturated rings. The molecule has 0 aliphatic heterocycles. The fraction of sp³-hybridized carbons (Fsp3) is 0.278. The van der Waals surface area contributed by atoms with E-state index < -0.39 is 0 Å². The predicted octanol–water partition coefficient (Wildman–Crippen LogP) is 3.98. The van der Waals surface area contributed by atoms with Gasteiger partial charge in [-0.2, -0.15) is 0 Å². The number of guanidine groups is 1. The lowest BCUT2D eigenvalue weighted by Crippen LogP contribution is -2.23. The minimum Gasteiger partial charge on any atom is -0.375 e. The van der Waals surface area contributed by atoms with E-state index in [1.165, 1.54) is 5.56 Å². The van der Waals surface area contributed by atoms with Crippen molar-refractivity contribution in [2.75, 3.05) is 19.0 Å². The second kappa shape index (κ2) is 10.2. The molecule has 1 unspecified atom stereocenters. The number of ether oxygens (including phenoxy) is 1. The predicted molar refractivity (Wildman–Crippen MR) is 108 cm³/mol. The minimum absolute atomic E-state index is 0. The highest BCUT2D eigenvalue weighted by atomic mass is 127. The van der Waals surface area contributed by atoms with Gasteiger partial charge >= 0.3 is 0 Å². The van der Waals surface area contributed by atoms with Crippen LogP contribution in [0.4, 0.5) is 5.69 Å². The molecule has 0 bridgehead atoms. The molecule has 0 saturated carbocycles. The summed E-state index contributed by atoms with van der Waals surface area (Å²) in [6, 6.07) is 18.2. The van der Waals surface area contributed by atoms with E-state index in [-0.39, 0.29) is 30.1 Å². The average molecular weight is 425 g/mol. The van der Waals surface area contributed by atoms with Gasteiger partial charge in [0.2, 0.25) is 0 Å². The summed E-state index contributed by atoms with van der Waals surface area (Å²) in [5, 5.41) is 3.10. The van der Waals surface area contributed by atoms with Crippen LogP contribution in [0.15, 0.2) is 59.6 Å². The van der Waals surface area contributed by atoms with Crippen molar-refractivity contribution in [2.45, 2.75) is 19.4 Å². The quantitative estimate of drug-likeness (QED) is 0.418. The molecule has 0 aliphatic carbocycles. The number of aryl methyl sites for hydroxylation is 1. The summed E-state index contributed by atoms with van der Waals surface area (Å²) < 4.78 is 5.48. The molecule has 124 valence electrons. The number of rotatable bonds is 6. The standard InChI is InChI=1S/C18H23N3O.HI/c1-3-14-9-11-16(12-10-14)21-18(19)20-13-17(22-2)15-7-5-4-6-8-15;/h4-12,17H,3,13H2,1-2H3,(H3,19,20,21);1H. The molecule has 0 spiro atoms. The van der Waals surface area contributed by atoms with Crippen molar-refractivity contribution in [1.82, 2.24) is 0 Å². The van der Waals surface area contributed by atoms with E-state index in [1.54, 1.807) is 7.11 Å². The molecule has 3 N–H and O–H groups in total. The van der Waals surface area contributed by atoms with Gasteiger partial charge in [-0.1, -0.05) is 49.4 Å². The summed E-state index contributed by atoms with van der Waals surface area (Å²) in [5.74, 6) is 0.391. The van der Waals surface area contributed by atoms with Gasteiger partial charge in [0.05, 0.1) is 6.54 Å². The van der Waals surface area contributed by atoms with Gasteiger partial charge in [0.1, 0.15) is 6.10 Å². The maximum atomic E-state index is 5.94. The van der Waals surface area contributed by atoms with Crippen LogP contribution in [-0.2, 0) is 11.2 Å². The highest BCUT2D eigenvalue weighted by molar-refractivity contribution is 14.0. The number of aliphatic imine (C=N–C) groups is 1. The Labute approximate surface area is 155 Å². The number of halogens is 1. The van der Waals surface area contributed by atoms with Crippen molar-refractivity contribution in [3.05, 3.63) is 65.7 Å². The molecule has 0 aromatic heterocycles. The third-order valence-corrected chi connectivity index (χ3v) is 3.52. The molecule has 0 saturated heterocycles. The summed E-state index contributed by atoms with van der Waals surface area (Å²) in [6.07, 6.45) is 0.931. The summed E-state index contributed by atoms with van der Waals surface area (Å²) in [6.45, 7) is 2.61. The lowest BCUT2D eigenvalue weighted by atomic mass is 10.1. The highest BCUT2D eigenvalue weighted by Crippen LogP contribution is 2.16.